The van der Waals surface area contributed by atoms with Crippen molar-refractivity contribution in [1.29, 1.82) is 0 Å². The monoisotopic (exact) mass is 355 g/mol. The van der Waals surface area contributed by atoms with Crippen LogP contribution in [0.2, 0.25) is 0 Å². The van der Waals surface area contributed by atoms with Crippen molar-refractivity contribution >= 4 is 23.2 Å². The molecule has 2 aromatic heterocycles. The van der Waals surface area contributed by atoms with Gasteiger partial charge in [0.25, 0.3) is 0 Å². The number of fused-ring (bicyclic) bond motifs is 1. The molecule has 0 saturated carbocycles. The highest BCUT2D eigenvalue weighted by atomic mass is 19.1. The lowest BCUT2D eigenvalue weighted by molar-refractivity contribution is -0.115. The Labute approximate surface area is 149 Å². The Morgan fingerprint density at radius 1 is 1.23 bits per heavy atom. The van der Waals surface area contributed by atoms with E-state index in [1.54, 1.807) is 50.4 Å². The largest absolute Gasteiger partial charge is 0.459 e. The summed E-state index contributed by atoms with van der Waals surface area (Å²) in [6, 6.07) is 9.39. The summed E-state index contributed by atoms with van der Waals surface area (Å²) >= 11 is 0. The first kappa shape index (κ1) is 17.6. The number of hydrogen-bond acceptors (Lipinski definition) is 4. The second kappa shape index (κ2) is 7.35. The molecule has 0 unspecified atom stereocenters. The highest BCUT2D eigenvalue weighted by Gasteiger charge is 2.12. The Morgan fingerprint density at radius 3 is 2.81 bits per heavy atom. The summed E-state index contributed by atoms with van der Waals surface area (Å²) in [6.45, 7) is 3.54. The molecule has 0 radical (unpaired) electrons. The number of hydrogen-bond donors (Lipinski definition) is 1. The number of esters is 1. The summed E-state index contributed by atoms with van der Waals surface area (Å²) in [4.78, 5) is 28.4. The van der Waals surface area contributed by atoms with Crippen molar-refractivity contribution in [3.8, 4) is 0 Å². The second-order valence-electron chi connectivity index (χ2n) is 6.10. The SMILES string of the molecule is CC(C)OC(=O)c1cccc(NC(=O)Cc2cn3cc(F)ccc3n2)c1. The van der Waals surface area contributed by atoms with E-state index in [2.05, 4.69) is 10.3 Å². The van der Waals surface area contributed by atoms with E-state index < -0.39 is 5.97 Å². The zero-order valence-corrected chi connectivity index (χ0v) is 14.4. The third-order valence-electron chi connectivity index (χ3n) is 3.53. The number of aromatic nitrogens is 2. The van der Waals surface area contributed by atoms with Gasteiger partial charge in [-0.2, -0.15) is 0 Å². The van der Waals surface area contributed by atoms with Gasteiger partial charge in [0, 0.05) is 18.1 Å². The normalized spacial score (nSPS) is 10.9. The van der Waals surface area contributed by atoms with Crippen LogP contribution in [0.1, 0.15) is 29.9 Å². The number of anilines is 1. The van der Waals surface area contributed by atoms with Gasteiger partial charge in [0.1, 0.15) is 11.5 Å². The molecular weight excluding hydrogens is 337 g/mol. The molecule has 0 spiro atoms. The third-order valence-corrected chi connectivity index (χ3v) is 3.53. The number of nitrogens with zero attached hydrogens (tertiary/aromatic N) is 2. The molecule has 0 aliphatic carbocycles. The van der Waals surface area contributed by atoms with E-state index >= 15 is 0 Å². The van der Waals surface area contributed by atoms with Crippen LogP contribution in [-0.2, 0) is 16.0 Å². The molecule has 0 aliphatic heterocycles. The van der Waals surface area contributed by atoms with Gasteiger partial charge in [-0.3, -0.25) is 4.79 Å². The van der Waals surface area contributed by atoms with Gasteiger partial charge < -0.3 is 14.5 Å². The maximum absolute atomic E-state index is 13.2. The standard InChI is InChI=1S/C19H18FN3O3/c1-12(2)26-19(25)13-4-3-5-15(8-13)22-18(24)9-16-11-23-10-14(20)6-7-17(23)21-16/h3-8,10-12H,9H2,1-2H3,(H,22,24). The van der Waals surface area contributed by atoms with Crippen LogP contribution < -0.4 is 5.32 Å². The molecule has 3 rings (SSSR count). The van der Waals surface area contributed by atoms with E-state index in [9.17, 15) is 14.0 Å². The van der Waals surface area contributed by atoms with Crippen LogP contribution in [0.3, 0.4) is 0 Å². The summed E-state index contributed by atoms with van der Waals surface area (Å²) < 4.78 is 19.9. The fourth-order valence-electron chi connectivity index (χ4n) is 2.48. The minimum absolute atomic E-state index is 0.0317. The van der Waals surface area contributed by atoms with Gasteiger partial charge in [0.15, 0.2) is 0 Å². The number of pyridine rings is 1. The van der Waals surface area contributed by atoms with Crippen molar-refractivity contribution < 1.29 is 18.7 Å². The first-order valence-electron chi connectivity index (χ1n) is 8.15. The minimum atomic E-state index is -0.446. The van der Waals surface area contributed by atoms with Gasteiger partial charge in [-0.25, -0.2) is 14.2 Å². The first-order chi connectivity index (χ1) is 12.4. The maximum atomic E-state index is 13.2. The predicted molar refractivity (Wildman–Crippen MR) is 94.5 cm³/mol. The zero-order valence-electron chi connectivity index (χ0n) is 14.4. The Bertz CT molecular complexity index is 966. The molecule has 0 bridgehead atoms. The Kier molecular flexibility index (Phi) is 4.97. The molecule has 1 N–H and O–H groups in total. The van der Waals surface area contributed by atoms with Crippen molar-refractivity contribution in [2.75, 3.05) is 5.32 Å². The van der Waals surface area contributed by atoms with Gasteiger partial charge in [-0.15, -0.1) is 0 Å². The van der Waals surface area contributed by atoms with Crippen LogP contribution in [-0.4, -0.2) is 27.4 Å². The second-order valence-corrected chi connectivity index (χ2v) is 6.10. The van der Waals surface area contributed by atoms with E-state index in [0.29, 0.717) is 22.6 Å². The molecule has 0 aliphatic rings. The van der Waals surface area contributed by atoms with Crippen LogP contribution in [0.4, 0.5) is 10.1 Å². The van der Waals surface area contributed by atoms with Crippen LogP contribution in [0.15, 0.2) is 48.8 Å². The molecular formula is C19H18FN3O3. The molecule has 2 heterocycles. The van der Waals surface area contributed by atoms with Crippen molar-refractivity contribution in [2.45, 2.75) is 26.4 Å². The van der Waals surface area contributed by atoms with Crippen LogP contribution in [0.5, 0.6) is 0 Å². The predicted octanol–water partition coefficient (Wildman–Crippen LogP) is 3.22. The number of carbonyl (C=O) groups excluding carboxylic acids is 2. The Balaban J connectivity index is 1.68. The molecule has 1 amide bonds. The van der Waals surface area contributed by atoms with E-state index in [1.807, 2.05) is 0 Å². The Morgan fingerprint density at radius 2 is 2.04 bits per heavy atom. The maximum Gasteiger partial charge on any atom is 0.338 e. The van der Waals surface area contributed by atoms with Crippen LogP contribution in [0.25, 0.3) is 5.65 Å². The van der Waals surface area contributed by atoms with Crippen molar-refractivity contribution in [1.82, 2.24) is 9.38 Å². The number of halogens is 1. The van der Waals surface area contributed by atoms with Crippen LogP contribution >= 0.6 is 0 Å². The number of ether oxygens (including phenoxy) is 1. The van der Waals surface area contributed by atoms with Crippen LogP contribution in [0, 0.1) is 5.82 Å². The molecule has 6 nitrogen and oxygen atoms in total. The highest BCUT2D eigenvalue weighted by molar-refractivity contribution is 5.95. The van der Waals surface area contributed by atoms with Crippen molar-refractivity contribution in [3.63, 3.8) is 0 Å². The number of rotatable bonds is 5. The quantitative estimate of drug-likeness (QED) is 0.713. The molecule has 0 atom stereocenters. The van der Waals surface area contributed by atoms with E-state index in [4.69, 9.17) is 4.74 Å². The van der Waals surface area contributed by atoms with Crippen molar-refractivity contribution in [2.24, 2.45) is 0 Å². The summed E-state index contributed by atoms with van der Waals surface area (Å²) in [5.74, 6) is -1.11. The lowest BCUT2D eigenvalue weighted by Gasteiger charge is -2.09. The molecule has 3 aromatic rings. The fourth-order valence-corrected chi connectivity index (χ4v) is 2.48. The molecule has 0 fully saturated rings. The minimum Gasteiger partial charge on any atom is -0.459 e. The number of carbonyl (C=O) groups is 2. The van der Waals surface area contributed by atoms with Gasteiger partial charge in [-0.05, 0) is 44.2 Å². The van der Waals surface area contributed by atoms with Crippen molar-refractivity contribution in [3.05, 3.63) is 65.9 Å². The topological polar surface area (TPSA) is 72.7 Å². The molecule has 134 valence electrons. The smallest absolute Gasteiger partial charge is 0.338 e. The summed E-state index contributed by atoms with van der Waals surface area (Å²) in [5, 5.41) is 2.72. The fraction of sp³-hybridized carbons (Fsp3) is 0.211. The molecule has 1 aromatic carbocycles. The number of benzene rings is 1. The lowest BCUT2D eigenvalue weighted by Crippen LogP contribution is -2.16. The number of imidazole rings is 1. The van der Waals surface area contributed by atoms with E-state index in [-0.39, 0.29) is 24.2 Å². The van der Waals surface area contributed by atoms with E-state index in [1.165, 1.54) is 16.7 Å². The highest BCUT2D eigenvalue weighted by Crippen LogP contribution is 2.14. The van der Waals surface area contributed by atoms with Gasteiger partial charge >= 0.3 is 5.97 Å². The van der Waals surface area contributed by atoms with E-state index in [0.717, 1.165) is 0 Å². The molecule has 26 heavy (non-hydrogen) atoms. The Hall–Kier alpha value is -3.22. The lowest BCUT2D eigenvalue weighted by atomic mass is 10.2. The zero-order chi connectivity index (χ0) is 18.7. The summed E-state index contributed by atoms with van der Waals surface area (Å²) in [5.41, 5.74) is 1.93. The number of nitrogens with one attached hydrogen (secondary N) is 1. The van der Waals surface area contributed by atoms with Gasteiger partial charge in [0.2, 0.25) is 5.91 Å². The molecule has 7 heteroatoms. The molecule has 0 saturated heterocycles. The average molecular weight is 355 g/mol. The average Bonchev–Trinajstić information content (AvgIpc) is 2.95. The first-order valence-corrected chi connectivity index (χ1v) is 8.15. The van der Waals surface area contributed by atoms with Gasteiger partial charge in [0.05, 0.1) is 23.8 Å². The van der Waals surface area contributed by atoms with Gasteiger partial charge in [-0.1, -0.05) is 6.07 Å². The third kappa shape index (κ3) is 4.24. The summed E-state index contributed by atoms with van der Waals surface area (Å²) in [6.07, 6.45) is 2.71. The number of amides is 1. The summed E-state index contributed by atoms with van der Waals surface area (Å²) in [7, 11) is 0.